The highest BCUT2D eigenvalue weighted by Crippen LogP contribution is 2.38. The van der Waals surface area contributed by atoms with Crippen LogP contribution >= 0.6 is 11.3 Å². The van der Waals surface area contributed by atoms with Crippen molar-refractivity contribution in [2.45, 2.75) is 44.7 Å². The van der Waals surface area contributed by atoms with E-state index in [1.165, 1.54) is 29.5 Å². The van der Waals surface area contributed by atoms with E-state index >= 15 is 0 Å². The van der Waals surface area contributed by atoms with Crippen LogP contribution in [0.1, 0.15) is 42.5 Å². The van der Waals surface area contributed by atoms with Gasteiger partial charge < -0.3 is 29.2 Å². The Morgan fingerprint density at radius 1 is 1.22 bits per heavy atom. The van der Waals surface area contributed by atoms with Crippen molar-refractivity contribution < 1.29 is 19.4 Å². The number of aromatic nitrogens is 3. The van der Waals surface area contributed by atoms with Gasteiger partial charge in [-0.05, 0) is 61.2 Å². The molecule has 1 saturated heterocycles. The van der Waals surface area contributed by atoms with E-state index in [-0.39, 0.29) is 11.9 Å². The standard InChI is InChI=1S/C27H31N5O4S/c1-30-23-20(29-24(30)21-12-17-8-10-37-26(17)32(21)14-16-5-3-6-16)11-18(13-22(23)36-2)25(33)31-9-4-7-19(15-31)28-27(34)35/h8,10-13,16,19,28H,3-7,9,14-15H2,1-2H3,(H,34,35)/t19-/m1/s1. The normalized spacial score (nSPS) is 18.3. The Balaban J connectivity index is 1.38. The summed E-state index contributed by atoms with van der Waals surface area (Å²) in [5, 5.41) is 15.0. The predicted octanol–water partition coefficient (Wildman–Crippen LogP) is 4.94. The van der Waals surface area contributed by atoms with Crippen molar-refractivity contribution in [1.29, 1.82) is 0 Å². The summed E-state index contributed by atoms with van der Waals surface area (Å²) < 4.78 is 10.2. The fourth-order valence-corrected chi connectivity index (χ4v) is 6.64. The molecule has 9 nitrogen and oxygen atoms in total. The van der Waals surface area contributed by atoms with E-state index in [1.807, 2.05) is 13.1 Å². The van der Waals surface area contributed by atoms with Crippen LogP contribution in [-0.2, 0) is 13.6 Å². The van der Waals surface area contributed by atoms with Crippen LogP contribution in [0.3, 0.4) is 0 Å². The second-order valence-electron chi connectivity index (χ2n) is 10.2. The highest BCUT2D eigenvalue weighted by atomic mass is 32.1. The molecule has 37 heavy (non-hydrogen) atoms. The molecular formula is C27H31N5O4S. The molecule has 2 amide bonds. The molecule has 0 spiro atoms. The molecule has 1 aromatic carbocycles. The van der Waals surface area contributed by atoms with Gasteiger partial charge in [0.25, 0.3) is 5.91 Å². The van der Waals surface area contributed by atoms with Gasteiger partial charge in [-0.2, -0.15) is 0 Å². The number of amides is 2. The van der Waals surface area contributed by atoms with E-state index in [0.29, 0.717) is 35.8 Å². The molecule has 0 bridgehead atoms. The molecule has 2 aliphatic rings. The molecule has 1 saturated carbocycles. The third kappa shape index (κ3) is 4.22. The fourth-order valence-electron chi connectivity index (χ4n) is 5.73. The van der Waals surface area contributed by atoms with Crippen molar-refractivity contribution in [2.75, 3.05) is 20.2 Å². The number of imidazole rings is 1. The maximum Gasteiger partial charge on any atom is 0.404 e. The van der Waals surface area contributed by atoms with Gasteiger partial charge in [0, 0.05) is 43.7 Å². The number of likely N-dealkylation sites (tertiary alicyclic amines) is 1. The zero-order valence-corrected chi connectivity index (χ0v) is 21.9. The number of hydrogen-bond donors (Lipinski definition) is 2. The minimum atomic E-state index is -1.06. The van der Waals surface area contributed by atoms with E-state index in [4.69, 9.17) is 14.8 Å². The van der Waals surface area contributed by atoms with Gasteiger partial charge in [0.1, 0.15) is 16.1 Å². The second-order valence-corrected chi connectivity index (χ2v) is 11.1. The molecule has 2 fully saturated rings. The zero-order valence-electron chi connectivity index (χ0n) is 21.1. The average Bonchev–Trinajstić information content (AvgIpc) is 3.53. The molecule has 4 aromatic rings. The largest absolute Gasteiger partial charge is 0.494 e. The number of nitrogens with zero attached hydrogens (tertiary/aromatic N) is 4. The lowest BCUT2D eigenvalue weighted by Crippen LogP contribution is -2.49. The number of rotatable bonds is 6. The highest BCUT2D eigenvalue weighted by molar-refractivity contribution is 7.16. The van der Waals surface area contributed by atoms with Gasteiger partial charge in [-0.3, -0.25) is 4.79 Å². The van der Waals surface area contributed by atoms with Crippen LogP contribution in [0, 0.1) is 5.92 Å². The number of carbonyl (C=O) groups is 2. The Morgan fingerprint density at radius 3 is 2.78 bits per heavy atom. The summed E-state index contributed by atoms with van der Waals surface area (Å²) in [7, 11) is 3.61. The minimum absolute atomic E-state index is 0.141. The molecule has 3 aromatic heterocycles. The molecule has 2 N–H and O–H groups in total. The smallest absolute Gasteiger partial charge is 0.404 e. The van der Waals surface area contributed by atoms with Crippen LogP contribution in [-0.4, -0.2) is 62.4 Å². The van der Waals surface area contributed by atoms with Crippen molar-refractivity contribution >= 4 is 44.6 Å². The Hall–Kier alpha value is -3.53. The monoisotopic (exact) mass is 521 g/mol. The number of piperidine rings is 1. The first kappa shape index (κ1) is 23.8. The summed E-state index contributed by atoms with van der Waals surface area (Å²) in [6.45, 7) is 1.93. The van der Waals surface area contributed by atoms with Crippen LogP contribution in [0.15, 0.2) is 29.6 Å². The first-order valence-electron chi connectivity index (χ1n) is 12.8. The number of methoxy groups -OCH3 is 1. The van der Waals surface area contributed by atoms with Gasteiger partial charge in [0.15, 0.2) is 5.82 Å². The number of carbonyl (C=O) groups excluding carboxylic acids is 1. The Kier molecular flexibility index (Phi) is 6.06. The van der Waals surface area contributed by atoms with Gasteiger partial charge in [0.2, 0.25) is 0 Å². The first-order chi connectivity index (χ1) is 17.9. The van der Waals surface area contributed by atoms with E-state index in [9.17, 15) is 9.59 Å². The second kappa shape index (κ2) is 9.41. The van der Waals surface area contributed by atoms with E-state index < -0.39 is 6.09 Å². The molecule has 4 heterocycles. The molecular weight excluding hydrogens is 490 g/mol. The molecule has 0 radical (unpaired) electrons. The van der Waals surface area contributed by atoms with Gasteiger partial charge >= 0.3 is 6.09 Å². The fraction of sp³-hybridized carbons (Fsp3) is 0.444. The number of hydrogen-bond acceptors (Lipinski definition) is 5. The third-order valence-corrected chi connectivity index (χ3v) is 8.79. The average molecular weight is 522 g/mol. The lowest BCUT2D eigenvalue weighted by molar-refractivity contribution is 0.0692. The molecule has 194 valence electrons. The van der Waals surface area contributed by atoms with Crippen LogP contribution < -0.4 is 10.1 Å². The number of aryl methyl sites for hydroxylation is 1. The number of fused-ring (bicyclic) bond motifs is 2. The van der Waals surface area contributed by atoms with Crippen molar-refractivity contribution in [2.24, 2.45) is 13.0 Å². The van der Waals surface area contributed by atoms with Gasteiger partial charge in [0.05, 0.1) is 18.3 Å². The molecule has 1 atom stereocenters. The number of thiophene rings is 1. The summed E-state index contributed by atoms with van der Waals surface area (Å²) in [5.74, 6) is 2.01. The van der Waals surface area contributed by atoms with Crippen LogP contribution in [0.4, 0.5) is 4.79 Å². The number of nitrogens with one attached hydrogen (secondary N) is 1. The maximum absolute atomic E-state index is 13.5. The lowest BCUT2D eigenvalue weighted by Gasteiger charge is -2.32. The predicted molar refractivity (Wildman–Crippen MR) is 144 cm³/mol. The third-order valence-electron chi connectivity index (χ3n) is 7.83. The van der Waals surface area contributed by atoms with Gasteiger partial charge in [-0.15, -0.1) is 11.3 Å². The summed E-state index contributed by atoms with van der Waals surface area (Å²) in [5.41, 5.74) is 3.13. The van der Waals surface area contributed by atoms with Crippen molar-refractivity contribution in [3.63, 3.8) is 0 Å². The summed E-state index contributed by atoms with van der Waals surface area (Å²) in [6.07, 6.45) is 4.25. The summed E-state index contributed by atoms with van der Waals surface area (Å²) in [6, 6.07) is 7.72. The minimum Gasteiger partial charge on any atom is -0.494 e. The van der Waals surface area contributed by atoms with Crippen LogP contribution in [0.25, 0.3) is 32.8 Å². The molecule has 1 aliphatic carbocycles. The quantitative estimate of drug-likeness (QED) is 0.374. The van der Waals surface area contributed by atoms with Crippen molar-refractivity contribution in [3.05, 3.63) is 35.2 Å². The summed E-state index contributed by atoms with van der Waals surface area (Å²) in [4.78, 5) is 32.6. The van der Waals surface area contributed by atoms with E-state index in [0.717, 1.165) is 36.4 Å². The molecule has 0 unspecified atom stereocenters. The topological polar surface area (TPSA) is 102 Å². The highest BCUT2D eigenvalue weighted by Gasteiger charge is 2.28. The summed E-state index contributed by atoms with van der Waals surface area (Å²) >= 11 is 1.76. The van der Waals surface area contributed by atoms with Crippen molar-refractivity contribution in [1.82, 2.24) is 24.3 Å². The number of carboxylic acid groups (broad SMARTS) is 1. The Labute approximate surface area is 218 Å². The zero-order chi connectivity index (χ0) is 25.7. The maximum atomic E-state index is 13.5. The van der Waals surface area contributed by atoms with Crippen LogP contribution in [0.2, 0.25) is 0 Å². The SMILES string of the molecule is COc1cc(C(=O)N2CCC[C@@H](NC(=O)O)C2)cc2nc(-c3cc4ccsc4n3CC3CCC3)n(C)c12. The van der Waals surface area contributed by atoms with Crippen molar-refractivity contribution in [3.8, 4) is 17.3 Å². The van der Waals surface area contributed by atoms with Gasteiger partial charge in [-0.1, -0.05) is 6.42 Å². The lowest BCUT2D eigenvalue weighted by atomic mass is 9.85. The molecule has 10 heteroatoms. The van der Waals surface area contributed by atoms with Gasteiger partial charge in [-0.25, -0.2) is 9.78 Å². The van der Waals surface area contributed by atoms with E-state index in [1.54, 1.807) is 29.4 Å². The first-order valence-corrected chi connectivity index (χ1v) is 13.7. The Bertz CT molecular complexity index is 1500. The number of ether oxygens (including phenoxy) is 1. The molecule has 1 aliphatic heterocycles. The van der Waals surface area contributed by atoms with E-state index in [2.05, 4.69) is 32.0 Å². The van der Waals surface area contributed by atoms with Crippen LogP contribution in [0.5, 0.6) is 5.75 Å². The Morgan fingerprint density at radius 2 is 2.05 bits per heavy atom. The number of benzene rings is 1. The molecule has 6 rings (SSSR count).